The molecule has 1 unspecified atom stereocenters. The summed E-state index contributed by atoms with van der Waals surface area (Å²) in [5.41, 5.74) is 0.367. The van der Waals surface area contributed by atoms with Gasteiger partial charge in [-0.1, -0.05) is 27.2 Å². The zero-order chi connectivity index (χ0) is 10.6. The molecule has 0 aromatic heterocycles. The summed E-state index contributed by atoms with van der Waals surface area (Å²) in [6.45, 7) is 6.84. The first-order chi connectivity index (χ1) is 6.56. The van der Waals surface area contributed by atoms with E-state index in [2.05, 4.69) is 20.8 Å². The number of Topliss-reactive ketones (excluding diaryl/α,β-unsaturated/α-hetero) is 1. The van der Waals surface area contributed by atoms with Gasteiger partial charge in [-0.2, -0.15) is 11.8 Å². The Morgan fingerprint density at radius 1 is 1.50 bits per heavy atom. The van der Waals surface area contributed by atoms with Gasteiger partial charge in [-0.25, -0.2) is 0 Å². The molecule has 0 spiro atoms. The topological polar surface area (TPSA) is 17.1 Å². The van der Waals surface area contributed by atoms with Crippen LogP contribution >= 0.6 is 11.8 Å². The van der Waals surface area contributed by atoms with Crippen LogP contribution in [0.4, 0.5) is 0 Å². The highest BCUT2D eigenvalue weighted by molar-refractivity contribution is 7.99. The summed E-state index contributed by atoms with van der Waals surface area (Å²) in [4.78, 5) is 11.4. The van der Waals surface area contributed by atoms with E-state index in [4.69, 9.17) is 0 Å². The third-order valence-electron chi connectivity index (χ3n) is 3.15. The summed E-state index contributed by atoms with van der Waals surface area (Å²) in [7, 11) is 0. The van der Waals surface area contributed by atoms with Gasteiger partial charge >= 0.3 is 0 Å². The number of thioether (sulfide) groups is 1. The van der Waals surface area contributed by atoms with Gasteiger partial charge < -0.3 is 0 Å². The van der Waals surface area contributed by atoms with Crippen molar-refractivity contribution in [2.75, 3.05) is 5.75 Å². The summed E-state index contributed by atoms with van der Waals surface area (Å²) in [6, 6.07) is 0. The lowest BCUT2D eigenvalue weighted by Gasteiger charge is -2.37. The molecule has 0 radical (unpaired) electrons. The molecule has 0 aromatic carbocycles. The molecular weight excluding hydrogens is 192 g/mol. The first kappa shape index (κ1) is 12.1. The number of carbonyl (C=O) groups is 1. The molecule has 1 atom stereocenters. The Morgan fingerprint density at radius 3 is 2.86 bits per heavy atom. The van der Waals surface area contributed by atoms with Crippen molar-refractivity contribution in [2.24, 2.45) is 5.41 Å². The summed E-state index contributed by atoms with van der Waals surface area (Å²) in [5.74, 6) is 1.69. The van der Waals surface area contributed by atoms with E-state index in [0.717, 1.165) is 19.3 Å². The van der Waals surface area contributed by atoms with E-state index in [-0.39, 0.29) is 0 Å². The Labute approximate surface area is 92.0 Å². The number of rotatable bonds is 4. The second kappa shape index (κ2) is 5.20. The van der Waals surface area contributed by atoms with Crippen molar-refractivity contribution >= 4 is 17.5 Å². The normalized spacial score (nSPS) is 26.5. The first-order valence-electron chi connectivity index (χ1n) is 5.69. The number of carbonyl (C=O) groups excluding carboxylic acids is 1. The Hall–Kier alpha value is 0.0200. The quantitative estimate of drug-likeness (QED) is 0.664. The van der Waals surface area contributed by atoms with Crippen LogP contribution in [0.1, 0.15) is 52.9 Å². The van der Waals surface area contributed by atoms with Crippen LogP contribution in [0, 0.1) is 5.41 Å². The van der Waals surface area contributed by atoms with E-state index in [9.17, 15) is 4.79 Å². The standard InChI is InChI=1S/C12H22OS/c1-4-5-8-14-11-9-10(13)6-7-12(11,2)3/h11H,4-9H2,1-3H3. The summed E-state index contributed by atoms with van der Waals surface area (Å²) in [5, 5.41) is 0.565. The van der Waals surface area contributed by atoms with Crippen molar-refractivity contribution < 1.29 is 4.79 Å². The summed E-state index contributed by atoms with van der Waals surface area (Å²) in [6.07, 6.45) is 5.23. The Balaban J connectivity index is 2.41. The van der Waals surface area contributed by atoms with Gasteiger partial charge in [0.2, 0.25) is 0 Å². The second-order valence-electron chi connectivity index (χ2n) is 4.94. The Bertz CT molecular complexity index is 198. The molecule has 0 aliphatic heterocycles. The average molecular weight is 214 g/mol. The van der Waals surface area contributed by atoms with Gasteiger partial charge in [0.05, 0.1) is 0 Å². The first-order valence-corrected chi connectivity index (χ1v) is 6.74. The molecule has 1 rings (SSSR count). The smallest absolute Gasteiger partial charge is 0.134 e. The third kappa shape index (κ3) is 3.30. The van der Waals surface area contributed by atoms with Crippen LogP contribution in [0.25, 0.3) is 0 Å². The minimum Gasteiger partial charge on any atom is -0.300 e. The summed E-state index contributed by atoms with van der Waals surface area (Å²) < 4.78 is 0. The maximum absolute atomic E-state index is 11.4. The fourth-order valence-corrected chi connectivity index (χ4v) is 3.47. The zero-order valence-electron chi connectivity index (χ0n) is 9.64. The van der Waals surface area contributed by atoms with Gasteiger partial charge in [-0.05, 0) is 24.0 Å². The van der Waals surface area contributed by atoms with E-state index in [1.54, 1.807) is 0 Å². The number of unbranched alkanes of at least 4 members (excludes halogenated alkanes) is 1. The van der Waals surface area contributed by atoms with Gasteiger partial charge in [-0.15, -0.1) is 0 Å². The summed E-state index contributed by atoms with van der Waals surface area (Å²) >= 11 is 2.01. The van der Waals surface area contributed by atoms with Crippen LogP contribution in [0.15, 0.2) is 0 Å². The SMILES string of the molecule is CCCCSC1CC(=O)CCC1(C)C. The third-order valence-corrected chi connectivity index (χ3v) is 4.88. The van der Waals surface area contributed by atoms with E-state index in [1.807, 2.05) is 11.8 Å². The van der Waals surface area contributed by atoms with Crippen LogP contribution in [0.5, 0.6) is 0 Å². The van der Waals surface area contributed by atoms with Crippen LogP contribution < -0.4 is 0 Å². The molecule has 2 heteroatoms. The molecule has 1 saturated carbocycles. The van der Waals surface area contributed by atoms with Crippen LogP contribution in [0.2, 0.25) is 0 Å². The monoisotopic (exact) mass is 214 g/mol. The predicted octanol–water partition coefficient (Wildman–Crippen LogP) is 3.67. The highest BCUT2D eigenvalue weighted by Gasteiger charge is 2.35. The van der Waals surface area contributed by atoms with E-state index in [1.165, 1.54) is 18.6 Å². The molecule has 0 saturated heterocycles. The van der Waals surface area contributed by atoms with Gasteiger partial charge in [0.15, 0.2) is 0 Å². The van der Waals surface area contributed by atoms with Crippen molar-refractivity contribution in [1.29, 1.82) is 0 Å². The van der Waals surface area contributed by atoms with Crippen molar-refractivity contribution in [1.82, 2.24) is 0 Å². The molecule has 1 aliphatic carbocycles. The number of ketones is 1. The number of hydrogen-bond acceptors (Lipinski definition) is 2. The molecule has 0 N–H and O–H groups in total. The largest absolute Gasteiger partial charge is 0.300 e. The zero-order valence-corrected chi connectivity index (χ0v) is 10.5. The maximum Gasteiger partial charge on any atom is 0.134 e. The van der Waals surface area contributed by atoms with E-state index >= 15 is 0 Å². The molecule has 1 nitrogen and oxygen atoms in total. The van der Waals surface area contributed by atoms with Crippen LogP contribution in [-0.4, -0.2) is 16.8 Å². The highest BCUT2D eigenvalue weighted by atomic mass is 32.2. The molecule has 1 aliphatic rings. The maximum atomic E-state index is 11.4. The van der Waals surface area contributed by atoms with Gasteiger partial charge in [-0.3, -0.25) is 4.79 Å². The Morgan fingerprint density at radius 2 is 2.21 bits per heavy atom. The molecule has 0 heterocycles. The lowest BCUT2D eigenvalue weighted by Crippen LogP contribution is -2.34. The van der Waals surface area contributed by atoms with Gasteiger partial charge in [0.1, 0.15) is 5.78 Å². The molecule has 0 aromatic rings. The molecule has 0 bridgehead atoms. The van der Waals surface area contributed by atoms with Gasteiger partial charge in [0.25, 0.3) is 0 Å². The average Bonchev–Trinajstić information content (AvgIpc) is 2.12. The minimum absolute atomic E-state index is 0.367. The fourth-order valence-electron chi connectivity index (χ4n) is 1.86. The molecule has 1 fully saturated rings. The van der Waals surface area contributed by atoms with Crippen LogP contribution in [0.3, 0.4) is 0 Å². The Kier molecular flexibility index (Phi) is 4.49. The van der Waals surface area contributed by atoms with Crippen LogP contribution in [-0.2, 0) is 4.79 Å². The molecule has 0 amide bonds. The van der Waals surface area contributed by atoms with E-state index in [0.29, 0.717) is 16.4 Å². The van der Waals surface area contributed by atoms with Gasteiger partial charge in [0, 0.05) is 18.1 Å². The van der Waals surface area contributed by atoms with Crippen molar-refractivity contribution in [3.8, 4) is 0 Å². The van der Waals surface area contributed by atoms with Crippen molar-refractivity contribution in [3.63, 3.8) is 0 Å². The minimum atomic E-state index is 0.367. The second-order valence-corrected chi connectivity index (χ2v) is 6.25. The number of hydrogen-bond donors (Lipinski definition) is 0. The fraction of sp³-hybridized carbons (Fsp3) is 0.917. The molecule has 14 heavy (non-hydrogen) atoms. The molecule has 82 valence electrons. The highest BCUT2D eigenvalue weighted by Crippen LogP contribution is 2.41. The lowest BCUT2D eigenvalue weighted by molar-refractivity contribution is -0.121. The lowest BCUT2D eigenvalue weighted by atomic mass is 9.76. The molecular formula is C12H22OS. The van der Waals surface area contributed by atoms with E-state index < -0.39 is 0 Å². The predicted molar refractivity (Wildman–Crippen MR) is 63.8 cm³/mol. The van der Waals surface area contributed by atoms with Crippen molar-refractivity contribution in [2.45, 2.75) is 58.1 Å². The van der Waals surface area contributed by atoms with Crippen molar-refractivity contribution in [3.05, 3.63) is 0 Å².